The van der Waals surface area contributed by atoms with E-state index in [1.165, 1.54) is 18.3 Å². The van der Waals surface area contributed by atoms with E-state index in [1.54, 1.807) is 6.07 Å². The third-order valence-electron chi connectivity index (χ3n) is 3.55. The van der Waals surface area contributed by atoms with E-state index in [0.717, 1.165) is 23.3 Å². The number of hydrogen-bond donors (Lipinski definition) is 4. The molecule has 0 aromatic heterocycles. The lowest BCUT2D eigenvalue weighted by molar-refractivity contribution is -0.112. The molecule has 9 heteroatoms. The van der Waals surface area contributed by atoms with Gasteiger partial charge >= 0.3 is 0 Å². The fraction of sp³-hybridized carbons (Fsp3) is 0.111. The second kappa shape index (κ2) is 8.95. The molecule has 140 valence electrons. The molecule has 0 aliphatic heterocycles. The van der Waals surface area contributed by atoms with Crippen LogP contribution >= 0.6 is 0 Å². The van der Waals surface area contributed by atoms with Crippen molar-refractivity contribution < 1.29 is 17.8 Å². The zero-order valence-electron chi connectivity index (χ0n) is 14.2. The molecular weight excluding hydrogens is 368 g/mol. The molecule has 2 aromatic carbocycles. The van der Waals surface area contributed by atoms with E-state index in [-0.39, 0.29) is 16.2 Å². The van der Waals surface area contributed by atoms with Gasteiger partial charge in [-0.1, -0.05) is 24.3 Å². The SMILES string of the molecule is N#C/C(=C/NCc1cccc(CN)c1)C(=O)Nc1ccc(S(=O)(=O)O)cc1. The quantitative estimate of drug-likeness (QED) is 0.321. The molecule has 0 saturated heterocycles. The predicted octanol–water partition coefficient (Wildman–Crippen LogP) is 1.53. The monoisotopic (exact) mass is 386 g/mol. The van der Waals surface area contributed by atoms with Gasteiger partial charge in [0.1, 0.15) is 11.6 Å². The van der Waals surface area contributed by atoms with Gasteiger partial charge in [0.2, 0.25) is 0 Å². The highest BCUT2D eigenvalue weighted by Gasteiger charge is 2.12. The second-order valence-electron chi connectivity index (χ2n) is 5.53. The molecule has 0 heterocycles. The Morgan fingerprint density at radius 2 is 1.85 bits per heavy atom. The van der Waals surface area contributed by atoms with Gasteiger partial charge in [-0.15, -0.1) is 0 Å². The maximum atomic E-state index is 12.1. The van der Waals surface area contributed by atoms with E-state index in [1.807, 2.05) is 24.3 Å². The van der Waals surface area contributed by atoms with Crippen LogP contribution in [0.4, 0.5) is 5.69 Å². The number of nitrogens with one attached hydrogen (secondary N) is 2. The first-order valence-electron chi connectivity index (χ1n) is 7.84. The average Bonchev–Trinajstić information content (AvgIpc) is 2.65. The largest absolute Gasteiger partial charge is 0.386 e. The average molecular weight is 386 g/mol. The smallest absolute Gasteiger partial charge is 0.294 e. The lowest BCUT2D eigenvalue weighted by Crippen LogP contribution is -2.16. The van der Waals surface area contributed by atoms with Crippen molar-refractivity contribution in [2.75, 3.05) is 5.32 Å². The van der Waals surface area contributed by atoms with Gasteiger partial charge in [-0.2, -0.15) is 13.7 Å². The summed E-state index contributed by atoms with van der Waals surface area (Å²) < 4.78 is 30.9. The third kappa shape index (κ3) is 5.93. The normalized spacial score (nSPS) is 11.5. The number of anilines is 1. The molecule has 1 amide bonds. The maximum absolute atomic E-state index is 12.1. The molecule has 0 radical (unpaired) electrons. The summed E-state index contributed by atoms with van der Waals surface area (Å²) >= 11 is 0. The fourth-order valence-corrected chi connectivity index (χ4v) is 2.67. The molecule has 5 N–H and O–H groups in total. The zero-order chi connectivity index (χ0) is 19.9. The predicted molar refractivity (Wildman–Crippen MR) is 99.8 cm³/mol. The van der Waals surface area contributed by atoms with E-state index < -0.39 is 16.0 Å². The Morgan fingerprint density at radius 3 is 2.44 bits per heavy atom. The minimum absolute atomic E-state index is 0.149. The summed E-state index contributed by atoms with van der Waals surface area (Å²) in [5.74, 6) is -0.652. The molecule has 0 aliphatic carbocycles. The van der Waals surface area contributed by atoms with Gasteiger partial charge in [-0.3, -0.25) is 9.35 Å². The van der Waals surface area contributed by atoms with Crippen LogP contribution < -0.4 is 16.4 Å². The van der Waals surface area contributed by atoms with Crippen molar-refractivity contribution in [3.05, 3.63) is 71.4 Å². The Balaban J connectivity index is 2.00. The summed E-state index contributed by atoms with van der Waals surface area (Å²) in [5.41, 5.74) is 7.65. The molecular formula is C18H18N4O4S. The van der Waals surface area contributed by atoms with Gasteiger partial charge in [0.15, 0.2) is 0 Å². The number of amides is 1. The zero-order valence-corrected chi connectivity index (χ0v) is 15.0. The molecule has 0 atom stereocenters. The van der Waals surface area contributed by atoms with Gasteiger partial charge in [0.25, 0.3) is 16.0 Å². The number of carbonyl (C=O) groups excluding carboxylic acids is 1. The Kier molecular flexibility index (Phi) is 6.67. The van der Waals surface area contributed by atoms with Crippen LogP contribution in [-0.2, 0) is 28.0 Å². The summed E-state index contributed by atoms with van der Waals surface area (Å²) in [6.45, 7) is 0.835. The lowest BCUT2D eigenvalue weighted by atomic mass is 10.1. The Hall–Kier alpha value is -3.19. The number of carbonyl (C=O) groups is 1. The van der Waals surface area contributed by atoms with E-state index >= 15 is 0 Å². The molecule has 0 unspecified atom stereocenters. The van der Waals surface area contributed by atoms with Crippen LogP contribution in [0.1, 0.15) is 11.1 Å². The van der Waals surface area contributed by atoms with Gasteiger partial charge in [-0.25, -0.2) is 0 Å². The van der Waals surface area contributed by atoms with Crippen molar-refractivity contribution in [3.63, 3.8) is 0 Å². The van der Waals surface area contributed by atoms with Crippen molar-refractivity contribution in [2.45, 2.75) is 18.0 Å². The topological polar surface area (TPSA) is 145 Å². The molecule has 0 bridgehead atoms. The number of nitrogens with zero attached hydrogens (tertiary/aromatic N) is 1. The number of rotatable bonds is 7. The number of benzene rings is 2. The van der Waals surface area contributed by atoms with E-state index in [2.05, 4.69) is 10.6 Å². The van der Waals surface area contributed by atoms with Crippen molar-refractivity contribution in [1.82, 2.24) is 5.32 Å². The molecule has 0 spiro atoms. The highest BCUT2D eigenvalue weighted by Crippen LogP contribution is 2.14. The standard InChI is InChI=1S/C18H18N4O4S/c19-9-13-2-1-3-14(8-13)11-21-12-15(10-20)18(23)22-16-4-6-17(7-5-16)27(24,25)26/h1-8,12,21H,9,11,19H2,(H,22,23)(H,24,25,26)/b15-12-. The minimum atomic E-state index is -4.31. The summed E-state index contributed by atoms with van der Waals surface area (Å²) in [4.78, 5) is 11.8. The third-order valence-corrected chi connectivity index (χ3v) is 4.42. The lowest BCUT2D eigenvalue weighted by Gasteiger charge is -2.07. The van der Waals surface area contributed by atoms with Gasteiger partial charge in [0, 0.05) is 25.0 Å². The molecule has 0 aliphatic rings. The second-order valence-corrected chi connectivity index (χ2v) is 6.95. The highest BCUT2D eigenvalue weighted by atomic mass is 32.2. The molecule has 0 fully saturated rings. The summed E-state index contributed by atoms with van der Waals surface area (Å²) in [6, 6.07) is 14.3. The van der Waals surface area contributed by atoms with Crippen LogP contribution in [0.25, 0.3) is 0 Å². The first kappa shape index (κ1) is 20.1. The van der Waals surface area contributed by atoms with Crippen LogP contribution in [0.5, 0.6) is 0 Å². The highest BCUT2D eigenvalue weighted by molar-refractivity contribution is 7.85. The van der Waals surface area contributed by atoms with Gasteiger partial charge in [-0.05, 0) is 35.4 Å². The Bertz CT molecular complexity index is 993. The number of hydrogen-bond acceptors (Lipinski definition) is 6. The van der Waals surface area contributed by atoms with Crippen molar-refractivity contribution >= 4 is 21.7 Å². The first-order chi connectivity index (χ1) is 12.8. The van der Waals surface area contributed by atoms with Crippen LogP contribution in [0.3, 0.4) is 0 Å². The van der Waals surface area contributed by atoms with E-state index in [4.69, 9.17) is 15.5 Å². The molecule has 0 saturated carbocycles. The van der Waals surface area contributed by atoms with Crippen molar-refractivity contribution in [2.24, 2.45) is 5.73 Å². The maximum Gasteiger partial charge on any atom is 0.294 e. The van der Waals surface area contributed by atoms with E-state index in [9.17, 15) is 13.2 Å². The summed E-state index contributed by atoms with van der Waals surface area (Å²) in [7, 11) is -4.31. The Labute approximate surface area is 157 Å². The van der Waals surface area contributed by atoms with Crippen LogP contribution in [0.15, 0.2) is 65.2 Å². The summed E-state index contributed by atoms with van der Waals surface area (Å²) in [6.07, 6.45) is 1.30. The summed E-state index contributed by atoms with van der Waals surface area (Å²) in [5, 5.41) is 14.5. The van der Waals surface area contributed by atoms with Gasteiger partial charge in [0.05, 0.1) is 4.90 Å². The molecule has 27 heavy (non-hydrogen) atoms. The van der Waals surface area contributed by atoms with E-state index in [0.29, 0.717) is 13.1 Å². The molecule has 2 rings (SSSR count). The van der Waals surface area contributed by atoms with Crippen molar-refractivity contribution in [3.8, 4) is 6.07 Å². The molecule has 8 nitrogen and oxygen atoms in total. The van der Waals surface area contributed by atoms with Gasteiger partial charge < -0.3 is 16.4 Å². The Morgan fingerprint density at radius 1 is 1.19 bits per heavy atom. The number of nitrogens with two attached hydrogens (primary N) is 1. The van der Waals surface area contributed by atoms with Crippen LogP contribution in [0.2, 0.25) is 0 Å². The minimum Gasteiger partial charge on any atom is -0.386 e. The van der Waals surface area contributed by atoms with Crippen LogP contribution in [0, 0.1) is 11.3 Å². The van der Waals surface area contributed by atoms with Crippen molar-refractivity contribution in [1.29, 1.82) is 5.26 Å². The van der Waals surface area contributed by atoms with Crippen LogP contribution in [-0.4, -0.2) is 18.9 Å². The first-order valence-corrected chi connectivity index (χ1v) is 9.28. The number of nitriles is 1. The molecule has 2 aromatic rings. The fourth-order valence-electron chi connectivity index (χ4n) is 2.19.